The third-order valence-corrected chi connectivity index (χ3v) is 3.02. The number of hydrogen-bond donors (Lipinski definition) is 1. The van der Waals surface area contributed by atoms with Crippen LogP contribution in [-0.4, -0.2) is 20.5 Å². The van der Waals surface area contributed by atoms with Crippen molar-refractivity contribution < 1.29 is 22.5 Å². The summed E-state index contributed by atoms with van der Waals surface area (Å²) in [7, 11) is 0. The highest BCUT2D eigenvalue weighted by molar-refractivity contribution is 7.74. The number of carbonyl (C=O) groups excluding carboxylic acids is 2. The van der Waals surface area contributed by atoms with Crippen LogP contribution in [0.25, 0.3) is 10.8 Å². The summed E-state index contributed by atoms with van der Waals surface area (Å²) in [4.78, 5) is 22.6. The Balaban J connectivity index is 2.44. The zero-order valence-corrected chi connectivity index (χ0v) is 11.9. The largest absolute Gasteiger partial charge is 0.740 e. The van der Waals surface area contributed by atoms with Gasteiger partial charge in [-0.3, -0.25) is 9.59 Å². The summed E-state index contributed by atoms with van der Waals surface area (Å²) < 4.78 is 26.5. The second-order valence-electron chi connectivity index (χ2n) is 4.38. The van der Waals surface area contributed by atoms with Crippen LogP contribution in [-0.2, 0) is 21.0 Å². The molecule has 1 atom stereocenters. The summed E-state index contributed by atoms with van der Waals surface area (Å²) in [5.74, 6) is -0.791. The number of fused-ring (bicyclic) bond motifs is 1. The number of Topliss-reactive ketones (excluding diaryl/α,β-unsaturated/α-hetero) is 1. The average Bonchev–Trinajstić information content (AvgIpc) is 2.40. The highest BCUT2D eigenvalue weighted by Crippen LogP contribution is 2.34. The van der Waals surface area contributed by atoms with Gasteiger partial charge < -0.3 is 14.1 Å². The van der Waals surface area contributed by atoms with Gasteiger partial charge in [0.25, 0.3) is 0 Å². The normalized spacial score (nSPS) is 11.9. The molecule has 21 heavy (non-hydrogen) atoms. The Morgan fingerprint density at radius 1 is 1.24 bits per heavy atom. The lowest BCUT2D eigenvalue weighted by Crippen LogP contribution is -2.15. The SMILES string of the molecule is CC(=O)CC(=O)Nc1ccc2ccccc2c1OS(=O)[O-]. The molecule has 6 nitrogen and oxygen atoms in total. The van der Waals surface area contributed by atoms with Gasteiger partial charge in [0.2, 0.25) is 5.91 Å². The molecule has 0 heterocycles. The van der Waals surface area contributed by atoms with Gasteiger partial charge in [-0.1, -0.05) is 30.3 Å². The molecule has 0 aromatic heterocycles. The van der Waals surface area contributed by atoms with Crippen molar-refractivity contribution in [2.24, 2.45) is 0 Å². The monoisotopic (exact) mass is 306 g/mol. The summed E-state index contributed by atoms with van der Waals surface area (Å²) in [5, 5.41) is 3.79. The van der Waals surface area contributed by atoms with E-state index in [0.29, 0.717) is 5.39 Å². The number of benzene rings is 2. The minimum absolute atomic E-state index is 0.0262. The molecule has 2 rings (SSSR count). The molecule has 0 aliphatic rings. The van der Waals surface area contributed by atoms with Gasteiger partial charge in [0, 0.05) is 5.39 Å². The molecule has 0 saturated carbocycles. The maximum atomic E-state index is 11.7. The highest BCUT2D eigenvalue weighted by Gasteiger charge is 2.13. The zero-order valence-electron chi connectivity index (χ0n) is 11.1. The minimum Gasteiger partial charge on any atom is -0.740 e. The van der Waals surface area contributed by atoms with Crippen LogP contribution in [0.5, 0.6) is 5.75 Å². The molecule has 1 N–H and O–H groups in total. The lowest BCUT2D eigenvalue weighted by atomic mass is 10.1. The summed E-state index contributed by atoms with van der Waals surface area (Å²) >= 11 is -2.78. The fraction of sp³-hybridized carbons (Fsp3) is 0.143. The number of amides is 1. The second-order valence-corrected chi connectivity index (χ2v) is 4.95. The summed E-state index contributed by atoms with van der Waals surface area (Å²) in [5.41, 5.74) is 0.198. The average molecular weight is 306 g/mol. The Morgan fingerprint density at radius 3 is 2.62 bits per heavy atom. The van der Waals surface area contributed by atoms with E-state index in [2.05, 4.69) is 5.32 Å². The van der Waals surface area contributed by atoms with E-state index in [0.717, 1.165) is 5.39 Å². The molecule has 0 bridgehead atoms. The maximum Gasteiger partial charge on any atom is 0.231 e. The van der Waals surface area contributed by atoms with Crippen molar-refractivity contribution in [3.05, 3.63) is 36.4 Å². The first-order valence-corrected chi connectivity index (χ1v) is 7.06. The van der Waals surface area contributed by atoms with Gasteiger partial charge in [0.05, 0.1) is 12.1 Å². The third kappa shape index (κ3) is 3.87. The van der Waals surface area contributed by atoms with E-state index in [-0.39, 0.29) is 23.6 Å². The predicted molar refractivity (Wildman–Crippen MR) is 77.4 cm³/mol. The molecule has 2 aromatic rings. The Labute approximate surface area is 123 Å². The van der Waals surface area contributed by atoms with E-state index < -0.39 is 17.3 Å². The van der Waals surface area contributed by atoms with Gasteiger partial charge in [-0.15, -0.1) is 0 Å². The van der Waals surface area contributed by atoms with Crippen LogP contribution in [0.4, 0.5) is 5.69 Å². The van der Waals surface area contributed by atoms with Crippen molar-refractivity contribution >= 4 is 39.5 Å². The third-order valence-electron chi connectivity index (χ3n) is 2.71. The van der Waals surface area contributed by atoms with Crippen molar-refractivity contribution in [3.8, 4) is 5.75 Å². The van der Waals surface area contributed by atoms with Crippen molar-refractivity contribution in [3.63, 3.8) is 0 Å². The lowest BCUT2D eigenvalue weighted by molar-refractivity contribution is -0.124. The standard InChI is InChI=1S/C14H13NO5S/c1-9(16)8-13(17)15-12-7-6-10-4-2-3-5-11(10)14(12)20-21(18)19/h2-7H,8H2,1H3,(H,15,17)(H,18,19)/p-1. The predicted octanol–water partition coefficient (Wildman–Crippen LogP) is 1.93. The molecule has 110 valence electrons. The lowest BCUT2D eigenvalue weighted by Gasteiger charge is -2.15. The topological polar surface area (TPSA) is 95.5 Å². The van der Waals surface area contributed by atoms with Crippen LogP contribution in [0, 0.1) is 0 Å². The van der Waals surface area contributed by atoms with Crippen LogP contribution in [0.2, 0.25) is 0 Å². The fourth-order valence-electron chi connectivity index (χ4n) is 1.92. The zero-order chi connectivity index (χ0) is 15.4. The Hall–Kier alpha value is -2.25. The molecule has 0 fully saturated rings. The van der Waals surface area contributed by atoms with E-state index in [1.54, 1.807) is 30.3 Å². The summed E-state index contributed by atoms with van der Waals surface area (Å²) in [6, 6.07) is 10.2. The van der Waals surface area contributed by atoms with Crippen molar-refractivity contribution in [1.29, 1.82) is 0 Å². The van der Waals surface area contributed by atoms with E-state index in [9.17, 15) is 18.4 Å². The number of carbonyl (C=O) groups is 2. The number of rotatable bonds is 5. The van der Waals surface area contributed by atoms with E-state index in [1.807, 2.05) is 0 Å². The van der Waals surface area contributed by atoms with Crippen LogP contribution in [0.15, 0.2) is 36.4 Å². The first kappa shape index (κ1) is 15.1. The molecule has 0 aliphatic heterocycles. The quantitative estimate of drug-likeness (QED) is 0.672. The first-order valence-electron chi connectivity index (χ1n) is 6.06. The molecule has 7 heteroatoms. The molecular weight excluding hydrogens is 294 g/mol. The van der Waals surface area contributed by atoms with Crippen LogP contribution in [0.3, 0.4) is 0 Å². The smallest absolute Gasteiger partial charge is 0.231 e. The summed E-state index contributed by atoms with van der Waals surface area (Å²) in [6.07, 6.45) is -0.285. The maximum absolute atomic E-state index is 11.7. The molecule has 2 aromatic carbocycles. The summed E-state index contributed by atoms with van der Waals surface area (Å²) in [6.45, 7) is 1.30. The van der Waals surface area contributed by atoms with Crippen LogP contribution in [0.1, 0.15) is 13.3 Å². The van der Waals surface area contributed by atoms with Crippen molar-refractivity contribution in [2.45, 2.75) is 13.3 Å². The molecule has 0 saturated heterocycles. The van der Waals surface area contributed by atoms with E-state index in [4.69, 9.17) is 4.18 Å². The molecule has 1 unspecified atom stereocenters. The van der Waals surface area contributed by atoms with Crippen molar-refractivity contribution in [1.82, 2.24) is 0 Å². The van der Waals surface area contributed by atoms with Crippen molar-refractivity contribution in [2.75, 3.05) is 5.32 Å². The molecule has 0 spiro atoms. The number of hydrogen-bond acceptors (Lipinski definition) is 5. The minimum atomic E-state index is -2.78. The Bertz CT molecular complexity index is 728. The molecule has 0 radical (unpaired) electrons. The van der Waals surface area contributed by atoms with Gasteiger partial charge in [-0.25, -0.2) is 4.21 Å². The van der Waals surface area contributed by atoms with E-state index >= 15 is 0 Å². The number of ketones is 1. The number of anilines is 1. The van der Waals surface area contributed by atoms with Crippen LogP contribution < -0.4 is 9.50 Å². The molecule has 0 aliphatic carbocycles. The first-order chi connectivity index (χ1) is 9.97. The van der Waals surface area contributed by atoms with E-state index in [1.165, 1.54) is 13.0 Å². The highest BCUT2D eigenvalue weighted by atomic mass is 32.2. The van der Waals surface area contributed by atoms with Gasteiger partial charge in [0.15, 0.2) is 5.75 Å². The van der Waals surface area contributed by atoms with Crippen LogP contribution >= 0.6 is 0 Å². The fourth-order valence-corrected chi connectivity index (χ4v) is 2.24. The molecular formula is C14H12NO5S-. The van der Waals surface area contributed by atoms with Gasteiger partial charge in [-0.05, 0) is 18.4 Å². The molecule has 1 amide bonds. The second kappa shape index (κ2) is 6.47. The Morgan fingerprint density at radius 2 is 1.95 bits per heavy atom. The van der Waals surface area contributed by atoms with Gasteiger partial charge >= 0.3 is 0 Å². The number of nitrogens with one attached hydrogen (secondary N) is 1. The van der Waals surface area contributed by atoms with Gasteiger partial charge in [-0.2, -0.15) is 0 Å². The van der Waals surface area contributed by atoms with Gasteiger partial charge in [0.1, 0.15) is 17.1 Å². The Kier molecular flexibility index (Phi) is 4.66.